The number of nitrogen functional groups attached to an aromatic ring is 1. The lowest BCUT2D eigenvalue weighted by molar-refractivity contribution is -0.137. The maximum absolute atomic E-state index is 13.2. The minimum Gasteiger partial charge on any atom is -0.419 e. The maximum atomic E-state index is 13.2. The Morgan fingerprint density at radius 2 is 1.68 bits per heavy atom. The molecule has 0 aliphatic carbocycles. The topological polar surface area (TPSA) is 92.0 Å². The van der Waals surface area contributed by atoms with Gasteiger partial charge in [0.2, 0.25) is 11.8 Å². The fourth-order valence-electron chi connectivity index (χ4n) is 2.74. The number of hydrogen-bond donors (Lipinski definition) is 1. The van der Waals surface area contributed by atoms with Crippen LogP contribution >= 0.6 is 0 Å². The molecule has 0 saturated carbocycles. The highest BCUT2D eigenvalue weighted by Crippen LogP contribution is 2.35. The Hall–Kier alpha value is -3.75. The van der Waals surface area contributed by atoms with Crippen LogP contribution in [0.5, 0.6) is 0 Å². The summed E-state index contributed by atoms with van der Waals surface area (Å²) in [6.07, 6.45) is -9.65. The molecule has 3 aromatic rings. The van der Waals surface area contributed by atoms with Gasteiger partial charge in [-0.1, -0.05) is 0 Å². The van der Waals surface area contributed by atoms with E-state index in [-0.39, 0.29) is 11.8 Å². The van der Waals surface area contributed by atoms with Gasteiger partial charge in [-0.3, -0.25) is 0 Å². The summed E-state index contributed by atoms with van der Waals surface area (Å²) < 4.78 is 84.3. The van der Waals surface area contributed by atoms with Crippen LogP contribution in [0, 0.1) is 11.3 Å². The summed E-state index contributed by atoms with van der Waals surface area (Å²) in [5.74, 6) is -0.230. The average molecular weight is 441 g/mol. The Morgan fingerprint density at radius 1 is 1.00 bits per heavy atom. The number of alkyl halides is 6. The number of rotatable bonds is 5. The first-order valence-corrected chi connectivity index (χ1v) is 8.57. The third-order valence-electron chi connectivity index (χ3n) is 4.11. The molecule has 2 aromatic carbocycles. The van der Waals surface area contributed by atoms with E-state index in [0.29, 0.717) is 22.2 Å². The molecule has 0 radical (unpaired) electrons. The van der Waals surface area contributed by atoms with Gasteiger partial charge in [0.25, 0.3) is 0 Å². The lowest BCUT2D eigenvalue weighted by Crippen LogP contribution is -2.34. The van der Waals surface area contributed by atoms with Crippen molar-refractivity contribution in [3.63, 3.8) is 0 Å². The normalized spacial score (nSPS) is 11.9. The average Bonchev–Trinajstić information content (AvgIpc) is 3.14. The van der Waals surface area contributed by atoms with Crippen molar-refractivity contribution in [2.45, 2.75) is 18.9 Å². The number of aromatic nitrogens is 2. The Labute approximate surface area is 171 Å². The molecule has 0 amide bonds. The monoisotopic (exact) mass is 441 g/mol. The Morgan fingerprint density at radius 3 is 2.26 bits per heavy atom. The van der Waals surface area contributed by atoms with Crippen LogP contribution in [0.4, 0.5) is 37.7 Å². The van der Waals surface area contributed by atoms with Crippen LogP contribution in [0.15, 0.2) is 46.9 Å². The second-order valence-electron chi connectivity index (χ2n) is 6.43. The third-order valence-corrected chi connectivity index (χ3v) is 4.11. The maximum Gasteiger partial charge on any atom is 0.417 e. The van der Waals surface area contributed by atoms with Crippen molar-refractivity contribution in [3.8, 4) is 17.5 Å². The summed E-state index contributed by atoms with van der Waals surface area (Å²) in [5.41, 5.74) is 4.07. The zero-order valence-corrected chi connectivity index (χ0v) is 15.5. The molecule has 1 aromatic heterocycles. The van der Waals surface area contributed by atoms with Gasteiger partial charge in [-0.05, 0) is 42.5 Å². The summed E-state index contributed by atoms with van der Waals surface area (Å²) in [7, 11) is 0. The van der Waals surface area contributed by atoms with Crippen LogP contribution in [0.25, 0.3) is 11.5 Å². The number of nitrogens with zero attached hydrogens (tertiary/aromatic N) is 4. The van der Waals surface area contributed by atoms with Crippen LogP contribution < -0.4 is 10.6 Å². The summed E-state index contributed by atoms with van der Waals surface area (Å²) >= 11 is 0. The quantitative estimate of drug-likeness (QED) is 0.453. The second kappa shape index (κ2) is 8.17. The van der Waals surface area contributed by atoms with Crippen LogP contribution in [0.3, 0.4) is 0 Å². The van der Waals surface area contributed by atoms with E-state index < -0.39 is 42.3 Å². The number of nitriles is 1. The van der Waals surface area contributed by atoms with E-state index in [1.165, 1.54) is 6.07 Å². The van der Waals surface area contributed by atoms with Crippen molar-refractivity contribution >= 4 is 11.4 Å². The number of benzene rings is 2. The predicted molar refractivity (Wildman–Crippen MR) is 97.4 cm³/mol. The number of anilines is 2. The van der Waals surface area contributed by atoms with Crippen molar-refractivity contribution in [1.29, 1.82) is 5.26 Å². The van der Waals surface area contributed by atoms with E-state index in [4.69, 9.17) is 15.4 Å². The minimum atomic E-state index is -4.92. The fraction of sp³-hybridized carbons (Fsp3) is 0.211. The SMILES string of the molecule is N#Cc1ccc(N(Cc2nnc(-c3ccc(N)cc3)o2)CC(F)(F)F)cc1C(F)(F)F. The zero-order valence-electron chi connectivity index (χ0n) is 15.5. The molecular formula is C19H13F6N5O. The lowest BCUT2D eigenvalue weighted by atomic mass is 10.1. The van der Waals surface area contributed by atoms with Crippen molar-refractivity contribution in [3.05, 3.63) is 59.5 Å². The molecule has 3 rings (SSSR count). The van der Waals surface area contributed by atoms with E-state index in [1.54, 1.807) is 24.3 Å². The first-order chi connectivity index (χ1) is 14.5. The van der Waals surface area contributed by atoms with Gasteiger partial charge >= 0.3 is 12.4 Å². The van der Waals surface area contributed by atoms with Gasteiger partial charge in [0, 0.05) is 16.9 Å². The van der Waals surface area contributed by atoms with Gasteiger partial charge in [-0.15, -0.1) is 10.2 Å². The number of nitrogens with two attached hydrogens (primary N) is 1. The van der Waals surface area contributed by atoms with Crippen molar-refractivity contribution in [2.75, 3.05) is 17.2 Å². The van der Waals surface area contributed by atoms with Gasteiger partial charge in [0.15, 0.2) is 0 Å². The first-order valence-electron chi connectivity index (χ1n) is 8.57. The van der Waals surface area contributed by atoms with Crippen LogP contribution in [0.1, 0.15) is 17.0 Å². The predicted octanol–water partition coefficient (Wildman–Crippen LogP) is 4.78. The molecule has 0 saturated heterocycles. The molecule has 162 valence electrons. The number of hydrogen-bond acceptors (Lipinski definition) is 6. The molecular weight excluding hydrogens is 428 g/mol. The van der Waals surface area contributed by atoms with E-state index in [9.17, 15) is 26.3 Å². The molecule has 1 heterocycles. The highest BCUT2D eigenvalue weighted by atomic mass is 19.4. The van der Waals surface area contributed by atoms with Crippen LogP contribution in [-0.2, 0) is 12.7 Å². The van der Waals surface area contributed by atoms with E-state index in [2.05, 4.69) is 10.2 Å². The summed E-state index contributed by atoms with van der Waals surface area (Å²) in [6, 6.07) is 9.93. The minimum absolute atomic E-state index is 0.0118. The van der Waals surface area contributed by atoms with Gasteiger partial charge in [0.1, 0.15) is 6.54 Å². The standard InChI is InChI=1S/C19H13F6N5O/c20-18(21,22)10-30(14-6-3-12(8-26)15(7-14)19(23,24)25)9-16-28-29-17(31-16)11-1-4-13(27)5-2-11/h1-7H,9-10,27H2. The highest BCUT2D eigenvalue weighted by Gasteiger charge is 2.36. The molecule has 0 spiro atoms. The smallest absolute Gasteiger partial charge is 0.417 e. The summed E-state index contributed by atoms with van der Waals surface area (Å²) in [4.78, 5) is 0.608. The van der Waals surface area contributed by atoms with Crippen LogP contribution in [-0.4, -0.2) is 22.9 Å². The molecule has 31 heavy (non-hydrogen) atoms. The van der Waals surface area contributed by atoms with Crippen molar-refractivity contribution in [2.24, 2.45) is 0 Å². The highest BCUT2D eigenvalue weighted by molar-refractivity contribution is 5.57. The molecule has 0 atom stereocenters. The van der Waals surface area contributed by atoms with Gasteiger partial charge < -0.3 is 15.1 Å². The van der Waals surface area contributed by atoms with E-state index >= 15 is 0 Å². The van der Waals surface area contributed by atoms with Gasteiger partial charge in [0.05, 0.1) is 23.7 Å². The second-order valence-corrected chi connectivity index (χ2v) is 6.43. The third kappa shape index (κ3) is 5.44. The lowest BCUT2D eigenvalue weighted by Gasteiger charge is -2.25. The molecule has 0 aliphatic rings. The van der Waals surface area contributed by atoms with Crippen molar-refractivity contribution < 1.29 is 30.8 Å². The Balaban J connectivity index is 1.94. The molecule has 0 fully saturated rings. The largest absolute Gasteiger partial charge is 0.419 e. The van der Waals surface area contributed by atoms with Crippen LogP contribution in [0.2, 0.25) is 0 Å². The van der Waals surface area contributed by atoms with Crippen molar-refractivity contribution in [1.82, 2.24) is 10.2 Å². The molecule has 12 heteroatoms. The first kappa shape index (κ1) is 21.9. The summed E-state index contributed by atoms with van der Waals surface area (Å²) in [6.45, 7) is -2.18. The molecule has 0 bridgehead atoms. The zero-order chi connectivity index (χ0) is 22.8. The van der Waals surface area contributed by atoms with Gasteiger partial charge in [-0.25, -0.2) is 0 Å². The molecule has 0 unspecified atom stereocenters. The Bertz CT molecular complexity index is 1100. The van der Waals surface area contributed by atoms with E-state index in [1.807, 2.05) is 0 Å². The molecule has 6 nitrogen and oxygen atoms in total. The molecule has 2 N–H and O–H groups in total. The summed E-state index contributed by atoms with van der Waals surface area (Å²) in [5, 5.41) is 16.3. The van der Waals surface area contributed by atoms with Gasteiger partial charge in [-0.2, -0.15) is 31.6 Å². The number of halogens is 6. The molecule has 0 aliphatic heterocycles. The van der Waals surface area contributed by atoms with E-state index in [0.717, 1.165) is 12.1 Å². The fourth-order valence-corrected chi connectivity index (χ4v) is 2.74. The Kier molecular flexibility index (Phi) is 5.79.